The smallest absolute Gasteiger partial charge is 0.242 e. The van der Waals surface area contributed by atoms with Crippen molar-refractivity contribution in [3.63, 3.8) is 0 Å². The van der Waals surface area contributed by atoms with E-state index >= 15 is 0 Å². The molecule has 9 heteroatoms. The molecule has 0 aliphatic rings. The van der Waals surface area contributed by atoms with Crippen molar-refractivity contribution in [1.82, 2.24) is 4.72 Å². The summed E-state index contributed by atoms with van der Waals surface area (Å²) in [6, 6.07) is 5.49. The van der Waals surface area contributed by atoms with E-state index in [2.05, 4.69) is 20.7 Å². The largest absolute Gasteiger partial charge is 0.396 e. The maximum atomic E-state index is 13.2. The maximum Gasteiger partial charge on any atom is 0.242 e. The number of rotatable bonds is 4. The van der Waals surface area contributed by atoms with Crippen LogP contribution in [0.2, 0.25) is 5.02 Å². The summed E-state index contributed by atoms with van der Waals surface area (Å²) in [7, 11) is -3.86. The van der Waals surface area contributed by atoms with Crippen LogP contribution in [-0.4, -0.2) is 8.42 Å². The molecule has 108 valence electrons. The van der Waals surface area contributed by atoms with Crippen molar-refractivity contribution in [3.8, 4) is 0 Å². The Bertz CT molecular complexity index is 749. The van der Waals surface area contributed by atoms with Gasteiger partial charge in [-0.05, 0) is 40.2 Å². The first-order chi connectivity index (χ1) is 9.29. The average molecular weight is 400 g/mol. The van der Waals surface area contributed by atoms with Crippen molar-refractivity contribution in [1.29, 1.82) is 0 Å². The number of hydrogen-bond acceptors (Lipinski definition) is 4. The lowest BCUT2D eigenvalue weighted by Gasteiger charge is -2.09. The van der Waals surface area contributed by atoms with Crippen molar-refractivity contribution in [3.05, 3.63) is 43.8 Å². The first-order valence-electron chi connectivity index (χ1n) is 5.28. The van der Waals surface area contributed by atoms with Gasteiger partial charge < -0.3 is 5.73 Å². The third-order valence-electron chi connectivity index (χ3n) is 2.41. The maximum absolute atomic E-state index is 13.2. The van der Waals surface area contributed by atoms with Gasteiger partial charge in [0, 0.05) is 11.4 Å². The number of nitrogens with two attached hydrogens (primary N) is 1. The van der Waals surface area contributed by atoms with Gasteiger partial charge >= 0.3 is 0 Å². The van der Waals surface area contributed by atoms with Crippen LogP contribution in [0, 0.1) is 5.82 Å². The fourth-order valence-corrected chi connectivity index (χ4v) is 4.51. The number of benzene rings is 1. The van der Waals surface area contributed by atoms with Gasteiger partial charge in [-0.2, -0.15) is 0 Å². The van der Waals surface area contributed by atoms with E-state index in [9.17, 15) is 12.8 Å². The van der Waals surface area contributed by atoms with Crippen LogP contribution in [0.3, 0.4) is 0 Å². The molecule has 2 rings (SSSR count). The minimum Gasteiger partial charge on any atom is -0.396 e. The SMILES string of the molecule is Nc1cc(S(=O)(=O)NCc2ccc(Br)s2)c(Cl)cc1F. The number of halogens is 3. The zero-order valence-electron chi connectivity index (χ0n) is 9.86. The lowest BCUT2D eigenvalue weighted by Crippen LogP contribution is -2.23. The Labute approximate surface area is 132 Å². The van der Waals surface area contributed by atoms with Crippen LogP contribution >= 0.6 is 38.9 Å². The molecule has 2 aromatic rings. The van der Waals surface area contributed by atoms with Gasteiger partial charge in [-0.25, -0.2) is 17.5 Å². The van der Waals surface area contributed by atoms with E-state index in [1.807, 2.05) is 6.07 Å². The molecule has 0 bridgehead atoms. The van der Waals surface area contributed by atoms with Crippen LogP contribution in [0.15, 0.2) is 32.9 Å². The van der Waals surface area contributed by atoms with Gasteiger partial charge in [-0.1, -0.05) is 11.6 Å². The van der Waals surface area contributed by atoms with E-state index in [-0.39, 0.29) is 22.2 Å². The first-order valence-corrected chi connectivity index (χ1v) is 8.75. The van der Waals surface area contributed by atoms with Crippen LogP contribution in [0.4, 0.5) is 10.1 Å². The number of nitrogens with one attached hydrogen (secondary N) is 1. The third kappa shape index (κ3) is 3.50. The first kappa shape index (κ1) is 15.7. The molecule has 1 aromatic heterocycles. The normalized spacial score (nSPS) is 11.8. The van der Waals surface area contributed by atoms with Crippen LogP contribution < -0.4 is 10.5 Å². The highest BCUT2D eigenvalue weighted by Crippen LogP contribution is 2.27. The second-order valence-corrected chi connectivity index (χ2v) is 8.52. The molecule has 0 fully saturated rings. The molecule has 1 aromatic carbocycles. The molecule has 0 amide bonds. The number of anilines is 1. The van der Waals surface area contributed by atoms with Gasteiger partial charge in [0.2, 0.25) is 10.0 Å². The van der Waals surface area contributed by atoms with Gasteiger partial charge in [-0.15, -0.1) is 11.3 Å². The standard InChI is InChI=1S/C11H9BrClFN2O2S2/c12-11-2-1-6(19-11)5-16-20(17,18)10-4-9(15)8(14)3-7(10)13/h1-4,16H,5,15H2. The molecule has 1 heterocycles. The second-order valence-electron chi connectivity index (χ2n) is 3.83. The molecule has 4 nitrogen and oxygen atoms in total. The van der Waals surface area contributed by atoms with Crippen molar-refractivity contribution >= 4 is 54.6 Å². The van der Waals surface area contributed by atoms with Crippen LogP contribution in [0.25, 0.3) is 0 Å². The summed E-state index contributed by atoms with van der Waals surface area (Å²) in [5.74, 6) is -0.754. The predicted octanol–water partition coefficient (Wildman–Crippen LogP) is 3.36. The predicted molar refractivity (Wildman–Crippen MR) is 81.9 cm³/mol. The van der Waals surface area contributed by atoms with Gasteiger partial charge in [0.05, 0.1) is 14.5 Å². The highest BCUT2D eigenvalue weighted by atomic mass is 79.9. The quantitative estimate of drug-likeness (QED) is 0.774. The topological polar surface area (TPSA) is 72.2 Å². The molecule has 0 saturated heterocycles. The van der Waals surface area contributed by atoms with E-state index in [0.29, 0.717) is 0 Å². The monoisotopic (exact) mass is 398 g/mol. The van der Waals surface area contributed by atoms with E-state index in [0.717, 1.165) is 20.8 Å². The Morgan fingerprint density at radius 3 is 2.70 bits per heavy atom. The molecular weight excluding hydrogens is 391 g/mol. The van der Waals surface area contributed by atoms with E-state index in [4.69, 9.17) is 17.3 Å². The van der Waals surface area contributed by atoms with Crippen LogP contribution in [0.1, 0.15) is 4.88 Å². The number of nitrogen functional groups attached to an aromatic ring is 1. The van der Waals surface area contributed by atoms with Crippen molar-refractivity contribution in [2.24, 2.45) is 0 Å². The summed E-state index contributed by atoms with van der Waals surface area (Å²) >= 11 is 10.4. The molecule has 20 heavy (non-hydrogen) atoms. The molecule has 3 N–H and O–H groups in total. The summed E-state index contributed by atoms with van der Waals surface area (Å²) in [6.45, 7) is 0.117. The highest BCUT2D eigenvalue weighted by molar-refractivity contribution is 9.11. The summed E-state index contributed by atoms with van der Waals surface area (Å²) in [5.41, 5.74) is 5.10. The van der Waals surface area contributed by atoms with Gasteiger partial charge in [0.25, 0.3) is 0 Å². The summed E-state index contributed by atoms with van der Waals surface area (Å²) in [6.07, 6.45) is 0. The molecule has 0 unspecified atom stereocenters. The van der Waals surface area contributed by atoms with Crippen LogP contribution in [0.5, 0.6) is 0 Å². The number of hydrogen-bond donors (Lipinski definition) is 2. The van der Waals surface area contributed by atoms with E-state index < -0.39 is 15.8 Å². The van der Waals surface area contributed by atoms with Crippen LogP contribution in [-0.2, 0) is 16.6 Å². The number of thiophene rings is 1. The lowest BCUT2D eigenvalue weighted by molar-refractivity contribution is 0.581. The molecule has 0 radical (unpaired) electrons. The average Bonchev–Trinajstić information content (AvgIpc) is 2.77. The van der Waals surface area contributed by atoms with Crippen molar-refractivity contribution in [2.75, 3.05) is 5.73 Å². The molecular formula is C11H9BrClFN2O2S2. The minimum absolute atomic E-state index is 0.117. The van der Waals surface area contributed by atoms with Gasteiger partial charge in [0.1, 0.15) is 10.7 Å². The van der Waals surface area contributed by atoms with Crippen molar-refractivity contribution < 1.29 is 12.8 Å². The number of sulfonamides is 1. The zero-order chi connectivity index (χ0) is 14.9. The third-order valence-corrected chi connectivity index (χ3v) is 5.90. The molecule has 0 spiro atoms. The minimum atomic E-state index is -3.86. The second kappa shape index (κ2) is 5.98. The lowest BCUT2D eigenvalue weighted by atomic mass is 10.3. The fraction of sp³-hybridized carbons (Fsp3) is 0.0909. The summed E-state index contributed by atoms with van der Waals surface area (Å²) < 4.78 is 40.7. The summed E-state index contributed by atoms with van der Waals surface area (Å²) in [5, 5.41) is -0.212. The van der Waals surface area contributed by atoms with E-state index in [1.54, 1.807) is 6.07 Å². The van der Waals surface area contributed by atoms with Gasteiger partial charge in [0.15, 0.2) is 0 Å². The molecule has 0 aliphatic carbocycles. The molecule has 0 atom stereocenters. The van der Waals surface area contributed by atoms with E-state index in [1.165, 1.54) is 11.3 Å². The molecule has 0 aliphatic heterocycles. The Balaban J connectivity index is 2.24. The molecule has 0 saturated carbocycles. The Hall–Kier alpha value is -0.670. The Morgan fingerprint density at radius 2 is 2.10 bits per heavy atom. The zero-order valence-corrected chi connectivity index (χ0v) is 13.8. The van der Waals surface area contributed by atoms with Crippen molar-refractivity contribution in [2.45, 2.75) is 11.4 Å². The van der Waals surface area contributed by atoms with Gasteiger partial charge in [-0.3, -0.25) is 0 Å². The summed E-state index contributed by atoms with van der Waals surface area (Å²) in [4.78, 5) is 0.584. The Kier molecular flexibility index (Phi) is 4.70. The highest BCUT2D eigenvalue weighted by Gasteiger charge is 2.20. The Morgan fingerprint density at radius 1 is 1.40 bits per heavy atom. The fourth-order valence-electron chi connectivity index (χ4n) is 1.44.